The molecule has 2 heterocycles. The quantitative estimate of drug-likeness (QED) is 0.617. The van der Waals surface area contributed by atoms with Gasteiger partial charge in [-0.05, 0) is 19.9 Å². The van der Waals surface area contributed by atoms with E-state index in [2.05, 4.69) is 10.6 Å². The molecule has 1 unspecified atom stereocenters. The third-order valence-electron chi connectivity index (χ3n) is 3.38. The van der Waals surface area contributed by atoms with Crippen molar-refractivity contribution >= 4 is 17.8 Å². The van der Waals surface area contributed by atoms with Crippen LogP contribution in [0, 0.1) is 0 Å². The normalized spacial score (nSPS) is 24.4. The van der Waals surface area contributed by atoms with Gasteiger partial charge in [-0.15, -0.1) is 0 Å². The lowest BCUT2D eigenvalue weighted by atomic mass is 10.1. The van der Waals surface area contributed by atoms with Crippen LogP contribution in [0.2, 0.25) is 0 Å². The number of urea groups is 1. The second-order valence-electron chi connectivity index (χ2n) is 4.68. The molecule has 2 rings (SSSR count). The summed E-state index contributed by atoms with van der Waals surface area (Å²) in [5, 5.41) is 5.32. The topological polar surface area (TPSA) is 81.8 Å². The number of nitrogens with zero attached hydrogens (tertiary/aromatic N) is 2. The van der Waals surface area contributed by atoms with Crippen molar-refractivity contribution in [2.24, 2.45) is 0 Å². The van der Waals surface area contributed by atoms with Crippen molar-refractivity contribution in [1.82, 2.24) is 20.4 Å². The van der Waals surface area contributed by atoms with E-state index in [0.29, 0.717) is 12.6 Å². The van der Waals surface area contributed by atoms with Crippen LogP contribution in [0.4, 0.5) is 4.79 Å². The lowest BCUT2D eigenvalue weighted by Crippen LogP contribution is -2.50. The molecule has 2 saturated heterocycles. The Hall–Kier alpha value is -1.63. The lowest BCUT2D eigenvalue weighted by molar-refractivity contribution is -0.133. The Labute approximate surface area is 105 Å². The van der Waals surface area contributed by atoms with Crippen LogP contribution in [0.1, 0.15) is 12.8 Å². The maximum absolute atomic E-state index is 12.0. The van der Waals surface area contributed by atoms with Gasteiger partial charge in [0.2, 0.25) is 11.8 Å². The molecule has 0 bridgehead atoms. The lowest BCUT2D eigenvalue weighted by Gasteiger charge is -2.33. The zero-order valence-corrected chi connectivity index (χ0v) is 10.4. The van der Waals surface area contributed by atoms with Crippen molar-refractivity contribution in [2.45, 2.75) is 18.9 Å². The van der Waals surface area contributed by atoms with Gasteiger partial charge in [0.25, 0.3) is 0 Å². The number of nitrogens with one attached hydrogen (secondary N) is 2. The maximum atomic E-state index is 12.0. The van der Waals surface area contributed by atoms with Gasteiger partial charge in [0.05, 0.1) is 0 Å². The second kappa shape index (κ2) is 5.34. The number of carbonyl (C=O) groups excluding carboxylic acids is 3. The summed E-state index contributed by atoms with van der Waals surface area (Å²) in [5.41, 5.74) is 0. The van der Waals surface area contributed by atoms with Crippen molar-refractivity contribution in [3.63, 3.8) is 0 Å². The molecule has 4 amide bonds. The summed E-state index contributed by atoms with van der Waals surface area (Å²) >= 11 is 0. The molecular weight excluding hydrogens is 236 g/mol. The molecular formula is C11H18N4O3. The minimum atomic E-state index is -0.476. The molecule has 0 aromatic carbocycles. The molecule has 0 radical (unpaired) electrons. The number of imide groups is 1. The van der Waals surface area contributed by atoms with Gasteiger partial charge < -0.3 is 15.1 Å². The third-order valence-corrected chi connectivity index (χ3v) is 3.38. The van der Waals surface area contributed by atoms with Gasteiger partial charge in [-0.1, -0.05) is 0 Å². The number of carbonyl (C=O) groups is 3. The highest BCUT2D eigenvalue weighted by Crippen LogP contribution is 2.10. The Balaban J connectivity index is 1.87. The number of hydrogen-bond donors (Lipinski definition) is 2. The van der Waals surface area contributed by atoms with Crippen LogP contribution in [0.5, 0.6) is 0 Å². The van der Waals surface area contributed by atoms with E-state index in [1.54, 1.807) is 4.90 Å². The van der Waals surface area contributed by atoms with Gasteiger partial charge in [-0.25, -0.2) is 4.79 Å². The smallest absolute Gasteiger partial charge is 0.325 e. The van der Waals surface area contributed by atoms with Crippen LogP contribution in [-0.2, 0) is 9.59 Å². The Bertz CT molecular complexity index is 371. The molecule has 7 nitrogen and oxygen atoms in total. The molecule has 0 aromatic rings. The van der Waals surface area contributed by atoms with Crippen LogP contribution < -0.4 is 10.6 Å². The molecule has 0 aliphatic carbocycles. The molecule has 100 valence electrons. The van der Waals surface area contributed by atoms with Gasteiger partial charge in [0.15, 0.2) is 0 Å². The maximum Gasteiger partial charge on any atom is 0.325 e. The van der Waals surface area contributed by atoms with E-state index < -0.39 is 6.03 Å². The summed E-state index contributed by atoms with van der Waals surface area (Å²) in [4.78, 5) is 37.4. The Kier molecular flexibility index (Phi) is 3.81. The number of rotatable bonds is 3. The van der Waals surface area contributed by atoms with Crippen molar-refractivity contribution < 1.29 is 14.4 Å². The van der Waals surface area contributed by atoms with Crippen molar-refractivity contribution in [3.8, 4) is 0 Å². The first-order valence-electron chi connectivity index (χ1n) is 6.14. The number of likely N-dealkylation sites (N-methyl/N-ethyl adjacent to an activating group) is 1. The SMILES string of the molecule is CNC1CCCN(C(=O)CN2CC(=O)NC2=O)C1. The predicted octanol–water partition coefficient (Wildman–Crippen LogP) is -1.25. The summed E-state index contributed by atoms with van der Waals surface area (Å²) < 4.78 is 0. The molecule has 18 heavy (non-hydrogen) atoms. The fourth-order valence-corrected chi connectivity index (χ4v) is 2.31. The van der Waals surface area contributed by atoms with E-state index in [-0.39, 0.29) is 24.9 Å². The Morgan fingerprint density at radius 2 is 2.28 bits per heavy atom. The Morgan fingerprint density at radius 1 is 1.50 bits per heavy atom. The van der Waals surface area contributed by atoms with Gasteiger partial charge in [0, 0.05) is 19.1 Å². The standard InChI is InChI=1S/C11H18N4O3/c1-12-8-3-2-4-14(5-8)10(17)7-15-6-9(16)13-11(15)18/h8,12H,2-7H2,1H3,(H,13,16,18). The Morgan fingerprint density at radius 3 is 2.89 bits per heavy atom. The molecule has 2 fully saturated rings. The van der Waals surface area contributed by atoms with Crippen molar-refractivity contribution in [2.75, 3.05) is 33.2 Å². The molecule has 2 aliphatic rings. The molecule has 2 N–H and O–H groups in total. The van der Waals surface area contributed by atoms with Gasteiger partial charge in [-0.2, -0.15) is 0 Å². The van der Waals surface area contributed by atoms with Gasteiger partial charge in [0.1, 0.15) is 13.1 Å². The fourth-order valence-electron chi connectivity index (χ4n) is 2.31. The summed E-state index contributed by atoms with van der Waals surface area (Å²) in [6.45, 7) is 1.35. The average molecular weight is 254 g/mol. The fraction of sp³-hybridized carbons (Fsp3) is 0.727. The van der Waals surface area contributed by atoms with E-state index in [9.17, 15) is 14.4 Å². The van der Waals surface area contributed by atoms with E-state index >= 15 is 0 Å². The highest BCUT2D eigenvalue weighted by atomic mass is 16.2. The largest absolute Gasteiger partial charge is 0.340 e. The highest BCUT2D eigenvalue weighted by molar-refractivity contribution is 6.03. The first-order chi connectivity index (χ1) is 8.60. The van der Waals surface area contributed by atoms with E-state index in [1.165, 1.54) is 4.90 Å². The molecule has 1 atom stereocenters. The monoisotopic (exact) mass is 254 g/mol. The summed E-state index contributed by atoms with van der Waals surface area (Å²) in [7, 11) is 1.88. The molecule has 2 aliphatic heterocycles. The summed E-state index contributed by atoms with van der Waals surface area (Å²) in [6.07, 6.45) is 2.02. The van der Waals surface area contributed by atoms with Crippen LogP contribution >= 0.6 is 0 Å². The predicted molar refractivity (Wildman–Crippen MR) is 63.8 cm³/mol. The van der Waals surface area contributed by atoms with Gasteiger partial charge in [-0.3, -0.25) is 14.9 Å². The first kappa shape index (κ1) is 12.8. The number of hydrogen-bond acceptors (Lipinski definition) is 4. The van der Waals surface area contributed by atoms with E-state index in [0.717, 1.165) is 19.4 Å². The number of amides is 4. The van der Waals surface area contributed by atoms with E-state index in [1.807, 2.05) is 7.05 Å². The van der Waals surface area contributed by atoms with Crippen LogP contribution in [0.15, 0.2) is 0 Å². The molecule has 0 saturated carbocycles. The molecule has 0 spiro atoms. The number of piperidine rings is 1. The van der Waals surface area contributed by atoms with E-state index in [4.69, 9.17) is 0 Å². The zero-order chi connectivity index (χ0) is 13.1. The second-order valence-corrected chi connectivity index (χ2v) is 4.68. The van der Waals surface area contributed by atoms with Crippen LogP contribution in [0.25, 0.3) is 0 Å². The van der Waals surface area contributed by atoms with Gasteiger partial charge >= 0.3 is 6.03 Å². The minimum absolute atomic E-state index is 0.0198. The zero-order valence-electron chi connectivity index (χ0n) is 10.4. The highest BCUT2D eigenvalue weighted by Gasteiger charge is 2.31. The summed E-state index contributed by atoms with van der Waals surface area (Å²) in [6, 6.07) is -0.160. The summed E-state index contributed by atoms with van der Waals surface area (Å²) in [5.74, 6) is -0.445. The van der Waals surface area contributed by atoms with Crippen LogP contribution in [0.3, 0.4) is 0 Å². The molecule has 0 aromatic heterocycles. The molecule has 7 heteroatoms. The van der Waals surface area contributed by atoms with Crippen molar-refractivity contribution in [3.05, 3.63) is 0 Å². The first-order valence-corrected chi connectivity index (χ1v) is 6.14. The minimum Gasteiger partial charge on any atom is -0.340 e. The van der Waals surface area contributed by atoms with Crippen molar-refractivity contribution in [1.29, 1.82) is 0 Å². The average Bonchev–Trinajstić information content (AvgIpc) is 2.68. The third kappa shape index (κ3) is 2.79. The number of likely N-dealkylation sites (tertiary alicyclic amines) is 1. The van der Waals surface area contributed by atoms with Crippen LogP contribution in [-0.4, -0.2) is 66.9 Å².